The van der Waals surface area contributed by atoms with Crippen LogP contribution in [0.3, 0.4) is 0 Å². The minimum atomic E-state index is 0.638. The molecule has 0 unspecified atom stereocenters. The minimum Gasteiger partial charge on any atom is -0.314 e. The Bertz CT molecular complexity index is 165. The zero-order valence-corrected chi connectivity index (χ0v) is 12.0. The summed E-state index contributed by atoms with van der Waals surface area (Å²) in [6, 6.07) is 0.638. The Hall–Kier alpha value is 0.270. The molecule has 1 fully saturated rings. The van der Waals surface area contributed by atoms with Crippen LogP contribution in [-0.2, 0) is 0 Å². The fourth-order valence-corrected chi connectivity index (χ4v) is 2.83. The smallest absolute Gasteiger partial charge is 0.00723 e. The van der Waals surface area contributed by atoms with Gasteiger partial charge in [0.25, 0.3) is 0 Å². The van der Waals surface area contributed by atoms with Gasteiger partial charge in [-0.05, 0) is 44.1 Å². The van der Waals surface area contributed by atoms with E-state index in [1.807, 2.05) is 0 Å². The van der Waals surface area contributed by atoms with Gasteiger partial charge in [-0.3, -0.25) is 0 Å². The van der Waals surface area contributed by atoms with Crippen molar-refractivity contribution >= 4 is 11.8 Å². The van der Waals surface area contributed by atoms with E-state index in [9.17, 15) is 0 Å². The molecule has 1 heterocycles. The molecule has 2 nitrogen and oxygen atoms in total. The first-order valence-corrected chi connectivity index (χ1v) is 7.91. The summed E-state index contributed by atoms with van der Waals surface area (Å²) in [4.78, 5) is 2.63. The number of hydrogen-bond acceptors (Lipinski definition) is 3. The van der Waals surface area contributed by atoms with Crippen molar-refractivity contribution in [3.63, 3.8) is 0 Å². The van der Waals surface area contributed by atoms with E-state index in [4.69, 9.17) is 0 Å². The molecule has 1 saturated heterocycles. The fraction of sp³-hybridized carbons (Fsp3) is 1.00. The van der Waals surface area contributed by atoms with Gasteiger partial charge in [-0.2, -0.15) is 11.8 Å². The van der Waals surface area contributed by atoms with Crippen LogP contribution in [0.25, 0.3) is 0 Å². The lowest BCUT2D eigenvalue weighted by molar-refractivity contribution is 0.190. The summed E-state index contributed by atoms with van der Waals surface area (Å²) < 4.78 is 0. The molecule has 0 aliphatic carbocycles. The number of thioether (sulfide) groups is 1. The van der Waals surface area contributed by atoms with E-state index in [1.165, 1.54) is 50.5 Å². The summed E-state index contributed by atoms with van der Waals surface area (Å²) >= 11 is 2.06. The average Bonchev–Trinajstić information content (AvgIpc) is 2.28. The van der Waals surface area contributed by atoms with Gasteiger partial charge in [-0.1, -0.05) is 20.8 Å². The van der Waals surface area contributed by atoms with E-state index in [2.05, 4.69) is 42.7 Å². The minimum absolute atomic E-state index is 0.638. The van der Waals surface area contributed by atoms with E-state index in [-0.39, 0.29) is 0 Å². The molecule has 0 amide bonds. The Balaban J connectivity index is 2.04. The van der Waals surface area contributed by atoms with E-state index in [1.54, 1.807) is 0 Å². The van der Waals surface area contributed by atoms with E-state index >= 15 is 0 Å². The summed E-state index contributed by atoms with van der Waals surface area (Å²) in [5.41, 5.74) is 0. The molecule has 0 bridgehead atoms. The highest BCUT2D eigenvalue weighted by molar-refractivity contribution is 7.99. The van der Waals surface area contributed by atoms with Crippen molar-refractivity contribution in [1.29, 1.82) is 0 Å². The zero-order chi connectivity index (χ0) is 11.8. The molecule has 0 atom stereocenters. The third-order valence-electron chi connectivity index (χ3n) is 3.28. The molecule has 1 N–H and O–H groups in total. The highest BCUT2D eigenvalue weighted by Crippen LogP contribution is 2.16. The summed E-state index contributed by atoms with van der Waals surface area (Å²) in [6.45, 7) is 11.9. The second-order valence-corrected chi connectivity index (χ2v) is 6.44. The van der Waals surface area contributed by atoms with Gasteiger partial charge in [0.05, 0.1) is 0 Å². The second-order valence-electron chi connectivity index (χ2n) is 5.04. The van der Waals surface area contributed by atoms with E-state index < -0.39 is 0 Å². The van der Waals surface area contributed by atoms with Crippen molar-refractivity contribution in [2.45, 2.75) is 39.7 Å². The molecule has 1 rings (SSSR count). The monoisotopic (exact) mass is 244 g/mol. The van der Waals surface area contributed by atoms with Crippen molar-refractivity contribution < 1.29 is 0 Å². The van der Waals surface area contributed by atoms with Crippen molar-refractivity contribution in [2.75, 3.05) is 37.7 Å². The van der Waals surface area contributed by atoms with Crippen LogP contribution < -0.4 is 5.32 Å². The van der Waals surface area contributed by atoms with E-state index in [0.717, 1.165) is 5.92 Å². The molecule has 0 spiro atoms. The molecule has 3 heteroatoms. The van der Waals surface area contributed by atoms with Crippen LogP contribution >= 0.6 is 11.8 Å². The fourth-order valence-electron chi connectivity index (χ4n) is 2.15. The van der Waals surface area contributed by atoms with Crippen LogP contribution in [-0.4, -0.2) is 48.6 Å². The summed E-state index contributed by atoms with van der Waals surface area (Å²) in [7, 11) is 0. The first-order chi connectivity index (χ1) is 7.72. The molecule has 0 aromatic rings. The zero-order valence-electron chi connectivity index (χ0n) is 11.2. The first-order valence-electron chi connectivity index (χ1n) is 6.75. The number of hydrogen-bond donors (Lipinski definition) is 1. The molecule has 1 aliphatic heterocycles. The lowest BCUT2D eigenvalue weighted by atomic mass is 9.96. The Kier molecular flexibility index (Phi) is 7.50. The van der Waals surface area contributed by atoms with Gasteiger partial charge < -0.3 is 10.2 Å². The standard InChI is InChI=1S/C13H28N2S/c1-4-16-10-9-15-7-5-13(6-8-15)11-14-12(2)3/h12-14H,4-11H2,1-3H3. The number of rotatable bonds is 7. The molecule has 0 aromatic carbocycles. The van der Waals surface area contributed by atoms with Gasteiger partial charge >= 0.3 is 0 Å². The molecule has 96 valence electrons. The maximum atomic E-state index is 3.56. The lowest BCUT2D eigenvalue weighted by Gasteiger charge is -2.32. The third-order valence-corrected chi connectivity index (χ3v) is 4.16. The number of nitrogens with one attached hydrogen (secondary N) is 1. The van der Waals surface area contributed by atoms with Gasteiger partial charge in [-0.25, -0.2) is 0 Å². The summed E-state index contributed by atoms with van der Waals surface area (Å²) in [5.74, 6) is 3.48. The number of nitrogens with zero attached hydrogens (tertiary/aromatic N) is 1. The normalized spacial score (nSPS) is 19.5. The van der Waals surface area contributed by atoms with Gasteiger partial charge in [0.1, 0.15) is 0 Å². The molecule has 1 aliphatic rings. The maximum Gasteiger partial charge on any atom is 0.00723 e. The van der Waals surface area contributed by atoms with Crippen LogP contribution in [0.5, 0.6) is 0 Å². The predicted molar refractivity (Wildman–Crippen MR) is 75.3 cm³/mol. The SMILES string of the molecule is CCSCCN1CCC(CNC(C)C)CC1. The average molecular weight is 244 g/mol. The maximum absolute atomic E-state index is 3.56. The quantitative estimate of drug-likeness (QED) is 0.693. The van der Waals surface area contributed by atoms with Gasteiger partial charge in [0, 0.05) is 18.3 Å². The van der Waals surface area contributed by atoms with Crippen LogP contribution in [0.4, 0.5) is 0 Å². The van der Waals surface area contributed by atoms with Gasteiger partial charge in [0.15, 0.2) is 0 Å². The molecule has 0 radical (unpaired) electrons. The molecule has 16 heavy (non-hydrogen) atoms. The van der Waals surface area contributed by atoms with Gasteiger partial charge in [0.2, 0.25) is 0 Å². The predicted octanol–water partition coefficient (Wildman–Crippen LogP) is 2.45. The topological polar surface area (TPSA) is 15.3 Å². The van der Waals surface area contributed by atoms with Crippen LogP contribution in [0, 0.1) is 5.92 Å². The lowest BCUT2D eigenvalue weighted by Crippen LogP contribution is -2.39. The first kappa shape index (κ1) is 14.3. The van der Waals surface area contributed by atoms with E-state index in [0.29, 0.717) is 6.04 Å². The third kappa shape index (κ3) is 6.12. The van der Waals surface area contributed by atoms with Crippen molar-refractivity contribution in [3.05, 3.63) is 0 Å². The molecule has 0 aromatic heterocycles. The van der Waals surface area contributed by atoms with Crippen LogP contribution in [0.1, 0.15) is 33.6 Å². The highest BCUT2D eigenvalue weighted by Gasteiger charge is 2.18. The molecular weight excluding hydrogens is 216 g/mol. The number of likely N-dealkylation sites (tertiary alicyclic amines) is 1. The van der Waals surface area contributed by atoms with Crippen LogP contribution in [0.2, 0.25) is 0 Å². The Morgan fingerprint density at radius 1 is 1.31 bits per heavy atom. The molecule has 0 saturated carbocycles. The Morgan fingerprint density at radius 3 is 2.56 bits per heavy atom. The van der Waals surface area contributed by atoms with Crippen molar-refractivity contribution in [2.24, 2.45) is 5.92 Å². The Labute approximate surface area is 106 Å². The second kappa shape index (κ2) is 8.37. The summed E-state index contributed by atoms with van der Waals surface area (Å²) in [6.07, 6.45) is 2.77. The number of piperidine rings is 1. The largest absolute Gasteiger partial charge is 0.314 e. The summed E-state index contributed by atoms with van der Waals surface area (Å²) in [5, 5.41) is 3.56. The van der Waals surface area contributed by atoms with Gasteiger partial charge in [-0.15, -0.1) is 0 Å². The van der Waals surface area contributed by atoms with Crippen molar-refractivity contribution in [1.82, 2.24) is 10.2 Å². The molecular formula is C13H28N2S. The van der Waals surface area contributed by atoms with Crippen molar-refractivity contribution in [3.8, 4) is 0 Å². The van der Waals surface area contributed by atoms with Crippen LogP contribution in [0.15, 0.2) is 0 Å². The Morgan fingerprint density at radius 2 is 2.00 bits per heavy atom. The highest BCUT2D eigenvalue weighted by atomic mass is 32.2.